The highest BCUT2D eigenvalue weighted by Crippen LogP contribution is 2.19. The van der Waals surface area contributed by atoms with Gasteiger partial charge in [-0.25, -0.2) is 4.68 Å². The number of hydrogen-bond donors (Lipinski definition) is 2. The fourth-order valence-corrected chi connectivity index (χ4v) is 2.36. The van der Waals surface area contributed by atoms with Gasteiger partial charge in [0.15, 0.2) is 0 Å². The Morgan fingerprint density at radius 1 is 1.48 bits per heavy atom. The molecular weight excluding hydrogens is 335 g/mol. The van der Waals surface area contributed by atoms with E-state index in [-0.39, 0.29) is 24.2 Å². The number of carbonyl (C=O) groups is 1. The van der Waals surface area contributed by atoms with Crippen molar-refractivity contribution in [3.05, 3.63) is 46.7 Å². The third-order valence-corrected chi connectivity index (χ3v) is 3.75. The monoisotopic (exact) mass is 356 g/mol. The van der Waals surface area contributed by atoms with E-state index in [2.05, 4.69) is 10.4 Å². The topological polar surface area (TPSA) is 72.9 Å². The molecule has 1 aromatic heterocycles. The van der Waals surface area contributed by atoms with Gasteiger partial charge in [-0.15, -0.1) is 12.4 Å². The van der Waals surface area contributed by atoms with Crippen LogP contribution in [0.5, 0.6) is 0 Å². The van der Waals surface area contributed by atoms with Crippen molar-refractivity contribution in [2.24, 2.45) is 11.7 Å². The highest BCUT2D eigenvalue weighted by atomic mass is 35.5. The lowest BCUT2D eigenvalue weighted by atomic mass is 10.1. The molecule has 3 N–H and O–H groups in total. The Kier molecular flexibility index (Phi) is 7.55. The van der Waals surface area contributed by atoms with Gasteiger partial charge in [-0.05, 0) is 37.1 Å². The van der Waals surface area contributed by atoms with E-state index < -0.39 is 0 Å². The van der Waals surface area contributed by atoms with Crippen LogP contribution in [0.15, 0.2) is 30.5 Å². The number of nitrogens with one attached hydrogen (secondary N) is 1. The highest BCUT2D eigenvalue weighted by Gasteiger charge is 2.17. The second-order valence-corrected chi connectivity index (χ2v) is 5.74. The molecule has 126 valence electrons. The minimum absolute atomic E-state index is 0. The molecule has 2 aromatic rings. The maximum absolute atomic E-state index is 12.3. The molecule has 23 heavy (non-hydrogen) atoms. The molecule has 1 amide bonds. The van der Waals surface area contributed by atoms with Crippen LogP contribution in [0.1, 0.15) is 29.9 Å². The summed E-state index contributed by atoms with van der Waals surface area (Å²) in [5.74, 6) is 0.127. The molecule has 0 aliphatic rings. The van der Waals surface area contributed by atoms with Crippen LogP contribution in [0.25, 0.3) is 5.69 Å². The van der Waals surface area contributed by atoms with Crippen molar-refractivity contribution in [2.75, 3.05) is 13.1 Å². The molecule has 0 spiro atoms. The molecule has 1 atom stereocenters. The minimum atomic E-state index is -0.120. The number of carbonyl (C=O) groups excluding carboxylic acids is 1. The first kappa shape index (κ1) is 19.5. The highest BCUT2D eigenvalue weighted by molar-refractivity contribution is 6.30. The average Bonchev–Trinajstić information content (AvgIpc) is 2.96. The maximum atomic E-state index is 12.3. The van der Waals surface area contributed by atoms with Crippen LogP contribution in [0.3, 0.4) is 0 Å². The lowest BCUT2D eigenvalue weighted by molar-refractivity contribution is 0.0947. The summed E-state index contributed by atoms with van der Waals surface area (Å²) in [4.78, 5) is 12.3. The Bertz CT molecular complexity index is 657. The Balaban J connectivity index is 0.00000264. The fraction of sp³-hybridized carbons (Fsp3) is 0.375. The summed E-state index contributed by atoms with van der Waals surface area (Å²) in [6.07, 6.45) is 2.30. The van der Waals surface area contributed by atoms with Crippen LogP contribution >= 0.6 is 24.0 Å². The van der Waals surface area contributed by atoms with Crippen molar-refractivity contribution in [1.82, 2.24) is 15.1 Å². The van der Waals surface area contributed by atoms with Crippen molar-refractivity contribution < 1.29 is 4.79 Å². The van der Waals surface area contributed by atoms with E-state index in [9.17, 15) is 4.79 Å². The Labute approximate surface area is 147 Å². The van der Waals surface area contributed by atoms with E-state index in [1.54, 1.807) is 10.9 Å². The minimum Gasteiger partial charge on any atom is -0.352 e. The molecule has 0 radical (unpaired) electrons. The number of hydrogen-bond acceptors (Lipinski definition) is 3. The fourth-order valence-electron chi connectivity index (χ4n) is 2.18. The van der Waals surface area contributed by atoms with Crippen molar-refractivity contribution >= 4 is 29.9 Å². The number of nitrogens with zero attached hydrogens (tertiary/aromatic N) is 2. The standard InChI is InChI=1S/C16H21ClN4O.ClH/c1-3-15-14(16(22)19-9-11(2)8-18)10-20-21(15)13-6-4-5-12(17)7-13;/h4-7,10-11H,3,8-9,18H2,1-2H3,(H,19,22);1H. The molecule has 7 heteroatoms. The van der Waals surface area contributed by atoms with E-state index >= 15 is 0 Å². The lowest BCUT2D eigenvalue weighted by Crippen LogP contribution is -2.31. The molecule has 1 heterocycles. The van der Waals surface area contributed by atoms with Crippen LogP contribution in [-0.4, -0.2) is 28.8 Å². The van der Waals surface area contributed by atoms with Gasteiger partial charge in [-0.3, -0.25) is 4.79 Å². The van der Waals surface area contributed by atoms with Crippen molar-refractivity contribution in [3.8, 4) is 5.69 Å². The summed E-state index contributed by atoms with van der Waals surface area (Å²) < 4.78 is 1.76. The number of halogens is 2. The van der Waals surface area contributed by atoms with Gasteiger partial charge in [0, 0.05) is 11.6 Å². The first-order valence-electron chi connectivity index (χ1n) is 7.37. The number of nitrogens with two attached hydrogens (primary N) is 1. The number of rotatable bonds is 6. The molecule has 0 aliphatic carbocycles. The lowest BCUT2D eigenvalue weighted by Gasteiger charge is -2.11. The van der Waals surface area contributed by atoms with E-state index in [0.717, 1.165) is 11.4 Å². The quantitative estimate of drug-likeness (QED) is 0.835. The molecule has 0 aliphatic heterocycles. The zero-order chi connectivity index (χ0) is 16.1. The van der Waals surface area contributed by atoms with Crippen molar-refractivity contribution in [1.29, 1.82) is 0 Å². The number of benzene rings is 1. The zero-order valence-electron chi connectivity index (χ0n) is 13.3. The van der Waals surface area contributed by atoms with Crippen molar-refractivity contribution in [2.45, 2.75) is 20.3 Å². The van der Waals surface area contributed by atoms with E-state index in [1.807, 2.05) is 38.1 Å². The van der Waals surface area contributed by atoms with Crippen LogP contribution in [0, 0.1) is 5.92 Å². The summed E-state index contributed by atoms with van der Waals surface area (Å²) in [6.45, 7) is 5.09. The van der Waals surface area contributed by atoms with E-state index in [4.69, 9.17) is 17.3 Å². The second-order valence-electron chi connectivity index (χ2n) is 5.30. The van der Waals surface area contributed by atoms with Crippen LogP contribution in [-0.2, 0) is 6.42 Å². The molecule has 0 saturated carbocycles. The van der Waals surface area contributed by atoms with Crippen LogP contribution in [0.4, 0.5) is 0 Å². The number of aromatic nitrogens is 2. The zero-order valence-corrected chi connectivity index (χ0v) is 14.8. The van der Waals surface area contributed by atoms with Gasteiger partial charge < -0.3 is 11.1 Å². The van der Waals surface area contributed by atoms with Gasteiger partial charge in [0.05, 0.1) is 23.1 Å². The SMILES string of the molecule is CCc1c(C(=O)NCC(C)CN)cnn1-c1cccc(Cl)c1.Cl. The third kappa shape index (κ3) is 4.70. The largest absolute Gasteiger partial charge is 0.352 e. The summed E-state index contributed by atoms with van der Waals surface area (Å²) in [5.41, 5.74) is 7.86. The van der Waals surface area contributed by atoms with Gasteiger partial charge in [-0.1, -0.05) is 31.5 Å². The molecule has 0 fully saturated rings. The maximum Gasteiger partial charge on any atom is 0.254 e. The molecule has 5 nitrogen and oxygen atoms in total. The summed E-state index contributed by atoms with van der Waals surface area (Å²) in [6, 6.07) is 7.41. The van der Waals surface area contributed by atoms with Crippen LogP contribution < -0.4 is 11.1 Å². The summed E-state index contributed by atoms with van der Waals surface area (Å²) in [7, 11) is 0. The predicted octanol–water partition coefficient (Wildman–Crippen LogP) is 2.83. The predicted molar refractivity (Wildman–Crippen MR) is 95.8 cm³/mol. The normalized spacial score (nSPS) is 11.7. The third-order valence-electron chi connectivity index (χ3n) is 3.51. The Morgan fingerprint density at radius 2 is 2.22 bits per heavy atom. The van der Waals surface area contributed by atoms with Crippen LogP contribution in [0.2, 0.25) is 5.02 Å². The number of amides is 1. The molecule has 1 unspecified atom stereocenters. The van der Waals surface area contributed by atoms with Gasteiger partial charge in [0.25, 0.3) is 5.91 Å². The second kappa shape index (κ2) is 8.91. The molecule has 1 aromatic carbocycles. The van der Waals surface area contributed by atoms with Gasteiger partial charge in [0.1, 0.15) is 0 Å². The molecular formula is C16H22Cl2N4O. The van der Waals surface area contributed by atoms with E-state index in [0.29, 0.717) is 30.1 Å². The Morgan fingerprint density at radius 3 is 2.83 bits per heavy atom. The molecule has 2 rings (SSSR count). The van der Waals surface area contributed by atoms with Gasteiger partial charge in [0.2, 0.25) is 0 Å². The van der Waals surface area contributed by atoms with E-state index in [1.165, 1.54) is 0 Å². The van der Waals surface area contributed by atoms with Gasteiger partial charge in [-0.2, -0.15) is 5.10 Å². The average molecular weight is 357 g/mol. The molecule has 0 bridgehead atoms. The molecule has 0 saturated heterocycles. The summed E-state index contributed by atoms with van der Waals surface area (Å²) >= 11 is 6.03. The summed E-state index contributed by atoms with van der Waals surface area (Å²) in [5, 5.41) is 7.88. The first-order valence-corrected chi connectivity index (χ1v) is 7.75. The smallest absolute Gasteiger partial charge is 0.254 e. The Hall–Kier alpha value is -1.56. The first-order chi connectivity index (χ1) is 10.6. The van der Waals surface area contributed by atoms with Gasteiger partial charge >= 0.3 is 0 Å². The van der Waals surface area contributed by atoms with Crippen molar-refractivity contribution in [3.63, 3.8) is 0 Å².